The Morgan fingerprint density at radius 1 is 1.50 bits per heavy atom. The average molecular weight is 182 g/mol. The van der Waals surface area contributed by atoms with Gasteiger partial charge in [0.1, 0.15) is 0 Å². The van der Waals surface area contributed by atoms with E-state index in [2.05, 4.69) is 16.2 Å². The Balaban J connectivity index is 3.67. The lowest BCUT2D eigenvalue weighted by molar-refractivity contribution is -0.137. The van der Waals surface area contributed by atoms with Crippen molar-refractivity contribution in [3.05, 3.63) is 0 Å². The Kier molecular flexibility index (Phi) is 4.68. The maximum Gasteiger partial charge on any atom is 0.303 e. The summed E-state index contributed by atoms with van der Waals surface area (Å²) in [6.45, 7) is 6.13. The van der Waals surface area contributed by atoms with Crippen LogP contribution in [-0.4, -0.2) is 22.6 Å². The molecule has 0 aliphatic rings. The minimum Gasteiger partial charge on any atom is -0.469 e. The Morgan fingerprint density at radius 3 is 2.50 bits per heavy atom. The molecule has 0 aromatic rings. The predicted molar refractivity (Wildman–Crippen MR) is 49.8 cm³/mol. The van der Waals surface area contributed by atoms with Crippen LogP contribution >= 0.6 is 0 Å². The van der Waals surface area contributed by atoms with Gasteiger partial charge < -0.3 is 4.74 Å². The van der Waals surface area contributed by atoms with Gasteiger partial charge in [-0.3, -0.25) is 4.79 Å². The van der Waals surface area contributed by atoms with Crippen molar-refractivity contribution in [2.24, 2.45) is 5.41 Å². The number of methoxy groups -OCH3 is 1. The van der Waals surface area contributed by atoms with Crippen molar-refractivity contribution < 1.29 is 9.53 Å². The van der Waals surface area contributed by atoms with E-state index >= 15 is 0 Å². The molecule has 0 heterocycles. The van der Waals surface area contributed by atoms with Gasteiger partial charge in [-0.1, -0.05) is 0 Å². The highest BCUT2D eigenvalue weighted by Gasteiger charge is 2.03. The normalized spacial score (nSPS) is 10.0. The lowest BCUT2D eigenvalue weighted by Gasteiger charge is -2.06. The fourth-order valence-corrected chi connectivity index (χ4v) is 1.26. The maximum absolute atomic E-state index is 10.7. The number of esters is 1. The van der Waals surface area contributed by atoms with E-state index in [9.17, 15) is 4.79 Å². The van der Waals surface area contributed by atoms with Gasteiger partial charge >= 0.3 is 5.97 Å². The predicted octanol–water partition coefficient (Wildman–Crippen LogP) is 1.29. The first-order chi connectivity index (χ1) is 5.45. The zero-order valence-corrected chi connectivity index (χ0v) is 9.02. The monoisotopic (exact) mass is 182 g/mol. The number of rotatable bonds is 2. The Hall–Kier alpha value is -0.753. The lowest BCUT2D eigenvalue weighted by Crippen LogP contribution is -2.04. The van der Waals surface area contributed by atoms with Crippen LogP contribution in [0.25, 0.3) is 0 Å². The van der Waals surface area contributed by atoms with Gasteiger partial charge in [0.25, 0.3) is 0 Å². The molecular weight excluding hydrogens is 168 g/mol. The molecule has 0 spiro atoms. The summed E-state index contributed by atoms with van der Waals surface area (Å²) >= 11 is 0. The molecule has 66 valence electrons. The second-order valence-electron chi connectivity index (χ2n) is 3.43. The first-order valence-electron chi connectivity index (χ1n) is 3.77. The summed E-state index contributed by atoms with van der Waals surface area (Å²) in [4.78, 5) is 10.7. The third-order valence-electron chi connectivity index (χ3n) is 0.986. The minimum absolute atomic E-state index is 0.0309. The van der Waals surface area contributed by atoms with E-state index in [1.54, 1.807) is 0 Å². The Bertz CT molecular complexity index is 205. The van der Waals surface area contributed by atoms with Crippen molar-refractivity contribution >= 4 is 15.5 Å². The highest BCUT2D eigenvalue weighted by molar-refractivity contribution is 6.50. The fraction of sp³-hybridized carbons (Fsp3) is 0.667. The molecule has 2 radical (unpaired) electrons. The molecule has 0 rings (SSSR count). The summed E-state index contributed by atoms with van der Waals surface area (Å²) in [7, 11) is 1.75. The Morgan fingerprint density at radius 2 is 2.08 bits per heavy atom. The fourth-order valence-electron chi connectivity index (χ4n) is 0.420. The van der Waals surface area contributed by atoms with Crippen molar-refractivity contribution in [2.45, 2.75) is 26.8 Å². The van der Waals surface area contributed by atoms with E-state index in [1.807, 2.05) is 20.8 Å². The van der Waals surface area contributed by atoms with Gasteiger partial charge in [-0.2, -0.15) is 0 Å². The molecule has 0 amide bonds. The number of ether oxygens (including phenoxy) is 1. The van der Waals surface area contributed by atoms with E-state index in [4.69, 9.17) is 0 Å². The first-order valence-corrected chi connectivity index (χ1v) is 4.98. The highest BCUT2D eigenvalue weighted by atomic mass is 28.2. The second kappa shape index (κ2) is 4.99. The van der Waals surface area contributed by atoms with Gasteiger partial charge in [0.2, 0.25) is 0 Å². The Labute approximate surface area is 76.5 Å². The maximum atomic E-state index is 10.7. The number of hydrogen-bond acceptors (Lipinski definition) is 2. The van der Waals surface area contributed by atoms with Gasteiger partial charge in [0.15, 0.2) is 9.52 Å². The van der Waals surface area contributed by atoms with E-state index < -0.39 is 0 Å². The summed E-state index contributed by atoms with van der Waals surface area (Å²) in [6.07, 6.45) is 0. The van der Waals surface area contributed by atoms with Crippen LogP contribution in [0.15, 0.2) is 0 Å². The molecule has 2 nitrogen and oxygen atoms in total. The molecular formula is C9H14O2Si. The van der Waals surface area contributed by atoms with Crippen molar-refractivity contribution in [1.82, 2.24) is 0 Å². The molecule has 0 aromatic heterocycles. The van der Waals surface area contributed by atoms with E-state index in [0.717, 1.165) is 0 Å². The van der Waals surface area contributed by atoms with Crippen LogP contribution in [0, 0.1) is 16.9 Å². The van der Waals surface area contributed by atoms with Crippen LogP contribution in [0.4, 0.5) is 0 Å². The molecule has 0 aromatic carbocycles. The third-order valence-corrected chi connectivity index (χ3v) is 1.75. The van der Waals surface area contributed by atoms with Crippen molar-refractivity contribution in [3.8, 4) is 11.5 Å². The molecule has 0 N–H and O–H groups in total. The molecule has 0 aliphatic carbocycles. The average Bonchev–Trinajstić information content (AvgIpc) is 1.96. The molecule has 0 bridgehead atoms. The second-order valence-corrected chi connectivity index (χ2v) is 4.39. The first kappa shape index (κ1) is 11.2. The minimum atomic E-state index is -0.184. The molecule has 12 heavy (non-hydrogen) atoms. The van der Waals surface area contributed by atoms with Gasteiger partial charge in [0.05, 0.1) is 7.11 Å². The molecule has 0 saturated heterocycles. The summed E-state index contributed by atoms with van der Waals surface area (Å²) in [6, 6.07) is 0.416. The van der Waals surface area contributed by atoms with Crippen LogP contribution < -0.4 is 0 Å². The summed E-state index contributed by atoms with van der Waals surface area (Å²) < 4.78 is 4.48. The van der Waals surface area contributed by atoms with E-state index in [-0.39, 0.29) is 11.4 Å². The number of carbonyl (C=O) groups excluding carboxylic acids is 1. The third kappa shape index (κ3) is 7.36. The zero-order chi connectivity index (χ0) is 9.61. The van der Waals surface area contributed by atoms with E-state index in [1.165, 1.54) is 7.11 Å². The van der Waals surface area contributed by atoms with Gasteiger partial charge in [-0.15, -0.1) is 11.5 Å². The van der Waals surface area contributed by atoms with Crippen LogP contribution in [0.1, 0.15) is 20.8 Å². The smallest absolute Gasteiger partial charge is 0.303 e. The lowest BCUT2D eigenvalue weighted by atomic mass is 9.99. The summed E-state index contributed by atoms with van der Waals surface area (Å²) in [5.74, 6) is 2.87. The number of hydrogen-bond donors (Lipinski definition) is 0. The van der Waals surface area contributed by atoms with Crippen LogP contribution in [0.3, 0.4) is 0 Å². The van der Waals surface area contributed by atoms with Crippen molar-refractivity contribution in [3.63, 3.8) is 0 Å². The van der Waals surface area contributed by atoms with Crippen LogP contribution in [0.2, 0.25) is 6.04 Å². The van der Waals surface area contributed by atoms with Crippen molar-refractivity contribution in [2.75, 3.05) is 7.11 Å². The van der Waals surface area contributed by atoms with Crippen LogP contribution in [0.5, 0.6) is 0 Å². The molecule has 0 fully saturated rings. The molecule has 0 saturated carbocycles. The van der Waals surface area contributed by atoms with Gasteiger partial charge in [-0.25, -0.2) is 0 Å². The summed E-state index contributed by atoms with van der Waals surface area (Å²) in [5, 5.41) is 0. The molecule has 0 unspecified atom stereocenters. The molecule has 0 aliphatic heterocycles. The van der Waals surface area contributed by atoms with Crippen molar-refractivity contribution in [1.29, 1.82) is 0 Å². The summed E-state index contributed by atoms with van der Waals surface area (Å²) in [5.41, 5.74) is 3.00. The molecule has 3 heteroatoms. The SMILES string of the molecule is COC(=O)C[Si]C#CC(C)(C)C. The largest absolute Gasteiger partial charge is 0.469 e. The standard InChI is InChI=1S/C9H14O2Si/c1-9(2,3)5-6-12-7-8(10)11-4/h7H2,1-4H3. The quantitative estimate of drug-likeness (QED) is 0.365. The number of carbonyl (C=O) groups is 1. The zero-order valence-electron chi connectivity index (χ0n) is 8.02. The van der Waals surface area contributed by atoms with Gasteiger partial charge in [0, 0.05) is 11.5 Å². The molecule has 0 atom stereocenters. The van der Waals surface area contributed by atoms with Crippen LogP contribution in [-0.2, 0) is 9.53 Å². The van der Waals surface area contributed by atoms with E-state index in [0.29, 0.717) is 15.6 Å². The highest BCUT2D eigenvalue weighted by Crippen LogP contribution is 2.09. The topological polar surface area (TPSA) is 26.3 Å². The van der Waals surface area contributed by atoms with Gasteiger partial charge in [-0.05, 0) is 20.8 Å².